The molecule has 0 radical (unpaired) electrons. The Balaban J connectivity index is 1.96. The molecule has 0 heterocycles. The van der Waals surface area contributed by atoms with Gasteiger partial charge in [-0.1, -0.05) is 12.8 Å². The molecule has 0 N–H and O–H groups in total. The van der Waals surface area contributed by atoms with Gasteiger partial charge in [-0.15, -0.1) is 0 Å². The average molecular weight is 236 g/mol. The Labute approximate surface area is 102 Å². The summed E-state index contributed by atoms with van der Waals surface area (Å²) in [5, 5.41) is 0. The molecular weight excluding hydrogens is 216 g/mol. The summed E-state index contributed by atoms with van der Waals surface area (Å²) >= 11 is 0. The number of hydrogen-bond donors (Lipinski definition) is 0. The highest BCUT2D eigenvalue weighted by Crippen LogP contribution is 2.66. The first-order valence-electron chi connectivity index (χ1n) is 6.83. The summed E-state index contributed by atoms with van der Waals surface area (Å²) in [5.41, 5.74) is -0.421. The van der Waals surface area contributed by atoms with Gasteiger partial charge in [0, 0.05) is 12.3 Å². The third-order valence-electron chi connectivity index (χ3n) is 5.39. The van der Waals surface area contributed by atoms with Crippen molar-refractivity contribution in [2.45, 2.75) is 44.9 Å². The van der Waals surface area contributed by atoms with E-state index in [1.165, 1.54) is 20.0 Å². The summed E-state index contributed by atoms with van der Waals surface area (Å²) in [6, 6.07) is 0. The topological polar surface area (TPSA) is 43.4 Å². The van der Waals surface area contributed by atoms with Gasteiger partial charge in [-0.05, 0) is 37.5 Å². The lowest BCUT2D eigenvalue weighted by molar-refractivity contribution is -0.206. The third kappa shape index (κ3) is 1.28. The van der Waals surface area contributed by atoms with Crippen LogP contribution in [0, 0.1) is 23.2 Å². The van der Waals surface area contributed by atoms with E-state index < -0.39 is 5.41 Å². The van der Waals surface area contributed by atoms with Gasteiger partial charge in [-0.25, -0.2) is 0 Å². The van der Waals surface area contributed by atoms with E-state index in [4.69, 9.17) is 4.74 Å². The number of hydrogen-bond acceptors (Lipinski definition) is 3. The molecule has 3 heteroatoms. The molecule has 0 unspecified atom stereocenters. The van der Waals surface area contributed by atoms with E-state index in [0.717, 1.165) is 25.7 Å². The van der Waals surface area contributed by atoms with Crippen LogP contribution in [0.4, 0.5) is 0 Å². The van der Waals surface area contributed by atoms with Gasteiger partial charge in [0.1, 0.15) is 5.78 Å². The predicted octanol–water partition coefficient (Wildman–Crippen LogP) is 2.33. The molecule has 94 valence electrons. The quantitative estimate of drug-likeness (QED) is 0.656. The monoisotopic (exact) mass is 236 g/mol. The number of methoxy groups -OCH3 is 1. The highest BCUT2D eigenvalue weighted by atomic mass is 16.5. The van der Waals surface area contributed by atoms with Gasteiger partial charge in [-0.3, -0.25) is 9.59 Å². The van der Waals surface area contributed by atoms with Crippen LogP contribution >= 0.6 is 0 Å². The molecule has 17 heavy (non-hydrogen) atoms. The van der Waals surface area contributed by atoms with Crippen LogP contribution in [0.25, 0.3) is 0 Å². The first-order valence-corrected chi connectivity index (χ1v) is 6.83. The first kappa shape index (κ1) is 11.2. The Morgan fingerprint density at radius 3 is 2.82 bits per heavy atom. The zero-order valence-electron chi connectivity index (χ0n) is 10.4. The molecular formula is C14H20O3. The Bertz CT molecular complexity index is 362. The Hall–Kier alpha value is -0.860. The summed E-state index contributed by atoms with van der Waals surface area (Å²) in [4.78, 5) is 24.3. The lowest BCUT2D eigenvalue weighted by atomic mass is 9.39. The van der Waals surface area contributed by atoms with E-state index in [2.05, 4.69) is 0 Å². The SMILES string of the molecule is COC(=O)[C@@]12CCCC(=O)[C@@H]1[C@H]1CCCC[C@H]12. The second-order valence-corrected chi connectivity index (χ2v) is 5.88. The van der Waals surface area contributed by atoms with Crippen LogP contribution < -0.4 is 0 Å². The Morgan fingerprint density at radius 1 is 1.29 bits per heavy atom. The molecule has 0 amide bonds. The molecule has 3 saturated carbocycles. The second kappa shape index (κ2) is 3.82. The van der Waals surface area contributed by atoms with Crippen molar-refractivity contribution in [2.24, 2.45) is 23.2 Å². The highest BCUT2D eigenvalue weighted by molar-refractivity contribution is 5.93. The van der Waals surface area contributed by atoms with Crippen molar-refractivity contribution in [2.75, 3.05) is 7.11 Å². The zero-order chi connectivity index (χ0) is 12.0. The normalized spacial score (nSPS) is 44.3. The van der Waals surface area contributed by atoms with E-state index in [9.17, 15) is 9.59 Å². The standard InChI is InChI=1S/C14H20O3/c1-17-13(16)14-8-4-7-11(15)12(14)9-5-2-3-6-10(9)14/h9-10,12H,2-8H2,1H3/t9-,10+,12-,14+/m0/s1. The van der Waals surface area contributed by atoms with Gasteiger partial charge in [0.15, 0.2) is 0 Å². The van der Waals surface area contributed by atoms with Crippen LogP contribution in [0.15, 0.2) is 0 Å². The number of ketones is 1. The van der Waals surface area contributed by atoms with Crippen molar-refractivity contribution in [1.29, 1.82) is 0 Å². The zero-order valence-corrected chi connectivity index (χ0v) is 10.4. The van der Waals surface area contributed by atoms with E-state index >= 15 is 0 Å². The molecule has 3 aliphatic rings. The first-order chi connectivity index (χ1) is 8.21. The van der Waals surface area contributed by atoms with Crippen molar-refractivity contribution < 1.29 is 14.3 Å². The fraction of sp³-hybridized carbons (Fsp3) is 0.857. The van der Waals surface area contributed by atoms with Crippen LogP contribution in [0.3, 0.4) is 0 Å². The minimum absolute atomic E-state index is 0.00556. The van der Waals surface area contributed by atoms with Gasteiger partial charge in [0.05, 0.1) is 12.5 Å². The van der Waals surface area contributed by atoms with E-state index in [-0.39, 0.29) is 11.9 Å². The summed E-state index contributed by atoms with van der Waals surface area (Å²) in [5.74, 6) is 1.12. The molecule has 0 saturated heterocycles. The van der Waals surface area contributed by atoms with Crippen molar-refractivity contribution in [3.8, 4) is 0 Å². The maximum Gasteiger partial charge on any atom is 0.312 e. The number of ether oxygens (including phenoxy) is 1. The fourth-order valence-corrected chi connectivity index (χ4v) is 4.84. The minimum atomic E-state index is -0.421. The Kier molecular flexibility index (Phi) is 2.53. The van der Waals surface area contributed by atoms with Gasteiger partial charge >= 0.3 is 5.97 Å². The number of rotatable bonds is 1. The second-order valence-electron chi connectivity index (χ2n) is 5.88. The predicted molar refractivity (Wildman–Crippen MR) is 62.2 cm³/mol. The number of Topliss-reactive ketones (excluding diaryl/α,β-unsaturated/α-hetero) is 1. The molecule has 0 spiro atoms. The van der Waals surface area contributed by atoms with Crippen molar-refractivity contribution >= 4 is 11.8 Å². The Morgan fingerprint density at radius 2 is 2.06 bits per heavy atom. The van der Waals surface area contributed by atoms with Crippen LogP contribution in [0.2, 0.25) is 0 Å². The summed E-state index contributed by atoms with van der Waals surface area (Å²) in [7, 11) is 1.46. The molecule has 4 atom stereocenters. The highest BCUT2D eigenvalue weighted by Gasteiger charge is 2.69. The number of carbonyl (C=O) groups is 2. The van der Waals surface area contributed by atoms with Gasteiger partial charge < -0.3 is 4.74 Å². The summed E-state index contributed by atoms with van der Waals surface area (Å²) in [6.07, 6.45) is 7.10. The number of fused-ring (bicyclic) bond motifs is 4. The lowest BCUT2D eigenvalue weighted by Crippen LogP contribution is -2.66. The molecule has 3 aliphatic carbocycles. The van der Waals surface area contributed by atoms with Crippen molar-refractivity contribution in [3.05, 3.63) is 0 Å². The summed E-state index contributed by atoms with van der Waals surface area (Å²) in [6.45, 7) is 0. The molecule has 0 aromatic rings. The van der Waals surface area contributed by atoms with Crippen LogP contribution in [-0.4, -0.2) is 18.9 Å². The van der Waals surface area contributed by atoms with Crippen LogP contribution in [-0.2, 0) is 14.3 Å². The minimum Gasteiger partial charge on any atom is -0.469 e. The van der Waals surface area contributed by atoms with Crippen molar-refractivity contribution in [1.82, 2.24) is 0 Å². The molecule has 3 fully saturated rings. The third-order valence-corrected chi connectivity index (χ3v) is 5.39. The van der Waals surface area contributed by atoms with Crippen molar-refractivity contribution in [3.63, 3.8) is 0 Å². The molecule has 0 aromatic carbocycles. The van der Waals surface area contributed by atoms with Gasteiger partial charge in [0.25, 0.3) is 0 Å². The number of carbonyl (C=O) groups excluding carboxylic acids is 2. The molecule has 3 nitrogen and oxygen atoms in total. The molecule has 3 rings (SSSR count). The van der Waals surface area contributed by atoms with E-state index in [1.807, 2.05) is 0 Å². The number of esters is 1. The average Bonchev–Trinajstić information content (AvgIpc) is 2.34. The van der Waals surface area contributed by atoms with Crippen LogP contribution in [0.1, 0.15) is 44.9 Å². The van der Waals surface area contributed by atoms with Crippen LogP contribution in [0.5, 0.6) is 0 Å². The van der Waals surface area contributed by atoms with Gasteiger partial charge in [-0.2, -0.15) is 0 Å². The lowest BCUT2D eigenvalue weighted by Gasteiger charge is -2.62. The smallest absolute Gasteiger partial charge is 0.312 e. The molecule has 0 aliphatic heterocycles. The van der Waals surface area contributed by atoms with Gasteiger partial charge in [0.2, 0.25) is 0 Å². The molecule has 0 aromatic heterocycles. The maximum absolute atomic E-state index is 12.2. The molecule has 0 bridgehead atoms. The maximum atomic E-state index is 12.2. The van der Waals surface area contributed by atoms with E-state index in [1.54, 1.807) is 0 Å². The largest absolute Gasteiger partial charge is 0.469 e. The summed E-state index contributed by atoms with van der Waals surface area (Å²) < 4.78 is 5.02. The van der Waals surface area contributed by atoms with E-state index in [0.29, 0.717) is 24.0 Å². The fourth-order valence-electron chi connectivity index (χ4n) is 4.84.